The molecule has 9 aromatic carbocycles. The number of aromatic nitrogens is 3. The molecule has 0 spiro atoms. The third-order valence-electron chi connectivity index (χ3n) is 12.6. The Kier molecular flexibility index (Phi) is 8.64. The molecule has 3 heteroatoms. The molecule has 290 valence electrons. The lowest BCUT2D eigenvalue weighted by molar-refractivity contribution is 0.990. The van der Waals surface area contributed by atoms with E-state index in [9.17, 15) is 0 Å². The lowest BCUT2D eigenvalue weighted by atomic mass is 9.87. The van der Waals surface area contributed by atoms with Crippen molar-refractivity contribution in [1.29, 1.82) is 0 Å². The zero-order valence-corrected chi connectivity index (χ0v) is 34.0. The molecule has 2 aromatic heterocycles. The van der Waals surface area contributed by atoms with E-state index >= 15 is 0 Å². The summed E-state index contributed by atoms with van der Waals surface area (Å²) in [5, 5.41) is 9.88. The Morgan fingerprint density at radius 1 is 0.355 bits per heavy atom. The van der Waals surface area contributed by atoms with Crippen molar-refractivity contribution in [1.82, 2.24) is 15.0 Å². The quantitative estimate of drug-likeness (QED) is 0.158. The molecule has 0 unspecified atom stereocenters. The first-order valence-electron chi connectivity index (χ1n) is 21.4. The molecular weight excluding hydrogens is 751 g/mol. The van der Waals surface area contributed by atoms with E-state index in [4.69, 9.17) is 9.97 Å². The Morgan fingerprint density at radius 3 is 1.73 bits per heavy atom. The summed E-state index contributed by atoms with van der Waals surface area (Å²) in [7, 11) is 0. The van der Waals surface area contributed by atoms with Crippen molar-refractivity contribution >= 4 is 49.2 Å². The third-order valence-corrected chi connectivity index (χ3v) is 12.6. The molecule has 0 radical (unpaired) electrons. The van der Waals surface area contributed by atoms with E-state index in [1.807, 2.05) is 12.4 Å². The summed E-state index contributed by atoms with van der Waals surface area (Å²) in [6.07, 6.45) is 10.6. The van der Waals surface area contributed by atoms with Gasteiger partial charge in [0.05, 0.1) is 11.4 Å². The highest BCUT2D eigenvalue weighted by Crippen LogP contribution is 2.40. The molecule has 0 amide bonds. The molecular formula is C59H39N3. The number of allylic oxidation sites excluding steroid dienone is 1. The summed E-state index contributed by atoms with van der Waals surface area (Å²) in [6, 6.07) is 67.8. The second-order valence-electron chi connectivity index (χ2n) is 16.3. The Balaban J connectivity index is 0.984. The average molecular weight is 790 g/mol. The largest absolute Gasteiger partial charge is 0.263 e. The van der Waals surface area contributed by atoms with E-state index in [1.165, 1.54) is 65.5 Å². The van der Waals surface area contributed by atoms with Gasteiger partial charge in [-0.1, -0.05) is 176 Å². The van der Waals surface area contributed by atoms with E-state index in [0.717, 1.165) is 63.0 Å². The number of fused-ring (bicyclic) bond motifs is 7. The highest BCUT2D eigenvalue weighted by atomic mass is 14.9. The van der Waals surface area contributed by atoms with Crippen LogP contribution in [0.15, 0.2) is 207 Å². The van der Waals surface area contributed by atoms with Crippen LogP contribution in [0.25, 0.3) is 116 Å². The van der Waals surface area contributed by atoms with Gasteiger partial charge in [-0.3, -0.25) is 4.98 Å². The lowest BCUT2D eigenvalue weighted by Gasteiger charge is -2.18. The van der Waals surface area contributed by atoms with Crippen molar-refractivity contribution in [3.8, 4) is 67.3 Å². The van der Waals surface area contributed by atoms with E-state index < -0.39 is 0 Å². The molecule has 0 bridgehead atoms. The summed E-state index contributed by atoms with van der Waals surface area (Å²) < 4.78 is 0. The second kappa shape index (κ2) is 14.9. The van der Waals surface area contributed by atoms with Crippen molar-refractivity contribution in [2.24, 2.45) is 0 Å². The van der Waals surface area contributed by atoms with Crippen LogP contribution in [0.1, 0.15) is 17.5 Å². The van der Waals surface area contributed by atoms with Crippen LogP contribution in [0.5, 0.6) is 0 Å². The van der Waals surface area contributed by atoms with Crippen LogP contribution in [0.3, 0.4) is 0 Å². The molecule has 2 heterocycles. The van der Waals surface area contributed by atoms with Gasteiger partial charge in [-0.25, -0.2) is 9.97 Å². The van der Waals surface area contributed by atoms with Crippen LogP contribution >= 0.6 is 0 Å². The minimum atomic E-state index is 0.686. The smallest absolute Gasteiger partial charge is 0.160 e. The van der Waals surface area contributed by atoms with Gasteiger partial charge in [-0.2, -0.15) is 0 Å². The molecule has 0 aliphatic heterocycles. The Hall–Kier alpha value is -8.01. The van der Waals surface area contributed by atoms with E-state index in [2.05, 4.69) is 205 Å². The Labute approximate surface area is 360 Å². The lowest BCUT2D eigenvalue weighted by Crippen LogP contribution is -1.98. The standard InChI is InChI=1S/C59H39N3/c1-4-17-47-43(12-1)33-54(52-22-9-7-20-50(47)52)38-26-30-41(31-27-38)59-61-57(40-28-24-39(25-29-40)56-37-60-36-46-14-3-6-19-49(46)56)35-58(62-59)45-16-11-15-42(32-45)55-34-44-13-2-5-18-48(44)51-21-8-10-23-53(51)55/h1,3-12,14-37H,2,13H2. The summed E-state index contributed by atoms with van der Waals surface area (Å²) in [5.74, 6) is 0.686. The SMILES string of the molecule is C1=Cc2c(cc(-c3cccc(-c4cc(-c5ccc(-c6cncc7ccccc67)cc5)nc(-c5ccc(-c6cc7ccccc7c7ccccc67)cc5)n4)c3)c3ccccc23)CC1. The molecule has 0 atom stereocenters. The van der Waals surface area contributed by atoms with Crippen molar-refractivity contribution in [3.05, 3.63) is 218 Å². The highest BCUT2D eigenvalue weighted by Gasteiger charge is 2.17. The normalized spacial score (nSPS) is 12.3. The van der Waals surface area contributed by atoms with Crippen LogP contribution < -0.4 is 0 Å². The summed E-state index contributed by atoms with van der Waals surface area (Å²) >= 11 is 0. The molecule has 12 rings (SSSR count). The number of benzene rings is 9. The minimum Gasteiger partial charge on any atom is -0.263 e. The number of pyridine rings is 1. The number of rotatable bonds is 6. The van der Waals surface area contributed by atoms with E-state index in [-0.39, 0.29) is 0 Å². The van der Waals surface area contributed by atoms with Crippen molar-refractivity contribution in [2.75, 3.05) is 0 Å². The van der Waals surface area contributed by atoms with Gasteiger partial charge >= 0.3 is 0 Å². The second-order valence-corrected chi connectivity index (χ2v) is 16.3. The topological polar surface area (TPSA) is 38.7 Å². The third kappa shape index (κ3) is 6.26. The van der Waals surface area contributed by atoms with Gasteiger partial charge in [0, 0.05) is 40.0 Å². The maximum atomic E-state index is 5.33. The number of hydrogen-bond acceptors (Lipinski definition) is 3. The first-order valence-corrected chi connectivity index (χ1v) is 21.4. The average Bonchev–Trinajstić information content (AvgIpc) is 3.35. The fraction of sp³-hybridized carbons (Fsp3) is 0.0339. The number of nitrogens with zero attached hydrogens (tertiary/aromatic N) is 3. The summed E-state index contributed by atoms with van der Waals surface area (Å²) in [5.41, 5.74) is 14.6. The first kappa shape index (κ1) is 35.9. The summed E-state index contributed by atoms with van der Waals surface area (Å²) in [4.78, 5) is 15.2. The van der Waals surface area contributed by atoms with Gasteiger partial charge < -0.3 is 0 Å². The molecule has 11 aromatic rings. The fourth-order valence-corrected chi connectivity index (χ4v) is 9.52. The molecule has 0 fully saturated rings. The zero-order valence-electron chi connectivity index (χ0n) is 34.0. The Morgan fingerprint density at radius 2 is 0.935 bits per heavy atom. The van der Waals surface area contributed by atoms with Gasteiger partial charge in [0.2, 0.25) is 0 Å². The van der Waals surface area contributed by atoms with E-state index in [0.29, 0.717) is 5.82 Å². The minimum absolute atomic E-state index is 0.686. The van der Waals surface area contributed by atoms with Crippen LogP contribution in [0.4, 0.5) is 0 Å². The zero-order chi connectivity index (χ0) is 41.0. The first-order chi connectivity index (χ1) is 30.7. The number of aryl methyl sites for hydroxylation is 1. The predicted molar refractivity (Wildman–Crippen MR) is 260 cm³/mol. The van der Waals surface area contributed by atoms with Crippen molar-refractivity contribution < 1.29 is 0 Å². The van der Waals surface area contributed by atoms with Crippen LogP contribution in [0.2, 0.25) is 0 Å². The molecule has 1 aliphatic rings. The van der Waals surface area contributed by atoms with Gasteiger partial charge in [-0.05, 0) is 114 Å². The molecule has 1 aliphatic carbocycles. The van der Waals surface area contributed by atoms with Crippen LogP contribution in [-0.2, 0) is 6.42 Å². The molecule has 0 saturated carbocycles. The maximum Gasteiger partial charge on any atom is 0.160 e. The molecule has 0 N–H and O–H groups in total. The maximum absolute atomic E-state index is 5.33. The van der Waals surface area contributed by atoms with Gasteiger partial charge in [0.1, 0.15) is 0 Å². The van der Waals surface area contributed by atoms with Crippen LogP contribution in [0, 0.1) is 0 Å². The molecule has 3 nitrogen and oxygen atoms in total. The predicted octanol–water partition coefficient (Wildman–Crippen LogP) is 15.4. The highest BCUT2D eigenvalue weighted by molar-refractivity contribution is 6.14. The van der Waals surface area contributed by atoms with Gasteiger partial charge in [-0.15, -0.1) is 0 Å². The van der Waals surface area contributed by atoms with Gasteiger partial charge in [0.25, 0.3) is 0 Å². The van der Waals surface area contributed by atoms with Crippen LogP contribution in [-0.4, -0.2) is 15.0 Å². The van der Waals surface area contributed by atoms with Gasteiger partial charge in [0.15, 0.2) is 5.82 Å². The van der Waals surface area contributed by atoms with E-state index in [1.54, 1.807) is 0 Å². The summed E-state index contributed by atoms with van der Waals surface area (Å²) in [6.45, 7) is 0. The van der Waals surface area contributed by atoms with Crippen molar-refractivity contribution in [2.45, 2.75) is 12.8 Å². The molecule has 62 heavy (non-hydrogen) atoms. The molecule has 0 saturated heterocycles. The number of hydrogen-bond donors (Lipinski definition) is 0. The fourth-order valence-electron chi connectivity index (χ4n) is 9.52. The monoisotopic (exact) mass is 789 g/mol. The Bertz CT molecular complexity index is 3560. The van der Waals surface area contributed by atoms with Crippen molar-refractivity contribution in [3.63, 3.8) is 0 Å².